The molecule has 0 aliphatic heterocycles. The predicted octanol–water partition coefficient (Wildman–Crippen LogP) is 2.20. The third-order valence-corrected chi connectivity index (χ3v) is 1.59. The Morgan fingerprint density at radius 3 is 2.54 bits per heavy atom. The largest absolute Gasteiger partial charge is 0.354 e. The fourth-order valence-corrected chi connectivity index (χ4v) is 1.12. The van der Waals surface area contributed by atoms with E-state index < -0.39 is 0 Å². The van der Waals surface area contributed by atoms with Gasteiger partial charge in [-0.15, -0.1) is 0 Å². The van der Waals surface area contributed by atoms with E-state index in [4.69, 9.17) is 0 Å². The second-order valence-corrected chi connectivity index (χ2v) is 2.99. The molecule has 2 heteroatoms. The van der Waals surface area contributed by atoms with Crippen molar-refractivity contribution in [2.45, 2.75) is 26.3 Å². The summed E-state index contributed by atoms with van der Waals surface area (Å²) in [6.07, 6.45) is 6.18. The molecule has 0 heterocycles. The normalized spacial score (nSPS) is 13.2. The summed E-state index contributed by atoms with van der Waals surface area (Å²) in [5, 5.41) is 2.80. The standard InChI is InChI=1S/C11H17NO/c1-5-7-11(6-2)8-9(3)12-10(4)13/h5-7,9H,1-2,8H2,3-4H3,(H,12,13)/b11-7+/t9-/m0/s1. The van der Waals surface area contributed by atoms with E-state index >= 15 is 0 Å². The van der Waals surface area contributed by atoms with E-state index in [-0.39, 0.29) is 11.9 Å². The Morgan fingerprint density at radius 2 is 2.15 bits per heavy atom. The average Bonchev–Trinajstić information content (AvgIpc) is 2.02. The zero-order chi connectivity index (χ0) is 10.3. The third-order valence-electron chi connectivity index (χ3n) is 1.59. The van der Waals surface area contributed by atoms with Crippen LogP contribution in [0.2, 0.25) is 0 Å². The van der Waals surface area contributed by atoms with Gasteiger partial charge in [-0.2, -0.15) is 0 Å². The highest BCUT2D eigenvalue weighted by molar-refractivity contribution is 5.73. The maximum absolute atomic E-state index is 10.7. The van der Waals surface area contributed by atoms with E-state index in [0.717, 1.165) is 12.0 Å². The summed E-state index contributed by atoms with van der Waals surface area (Å²) in [5.74, 6) is -0.00508. The van der Waals surface area contributed by atoms with Crippen molar-refractivity contribution >= 4 is 5.91 Å². The Morgan fingerprint density at radius 1 is 1.54 bits per heavy atom. The van der Waals surface area contributed by atoms with Crippen molar-refractivity contribution in [3.8, 4) is 0 Å². The molecular weight excluding hydrogens is 162 g/mol. The van der Waals surface area contributed by atoms with Crippen LogP contribution in [-0.2, 0) is 4.79 Å². The number of carbonyl (C=O) groups excluding carboxylic acids is 1. The highest BCUT2D eigenvalue weighted by atomic mass is 16.1. The summed E-state index contributed by atoms with van der Waals surface area (Å²) in [4.78, 5) is 10.7. The Labute approximate surface area is 80.0 Å². The maximum atomic E-state index is 10.7. The molecule has 72 valence electrons. The second kappa shape index (κ2) is 6.23. The Bertz CT molecular complexity index is 228. The number of amides is 1. The van der Waals surface area contributed by atoms with Gasteiger partial charge in [0.25, 0.3) is 0 Å². The lowest BCUT2D eigenvalue weighted by molar-refractivity contribution is -0.119. The number of hydrogen-bond acceptors (Lipinski definition) is 1. The van der Waals surface area contributed by atoms with Crippen LogP contribution in [0.1, 0.15) is 20.3 Å². The number of allylic oxidation sites excluding steroid dienone is 3. The third kappa shape index (κ3) is 5.91. The average molecular weight is 179 g/mol. The minimum absolute atomic E-state index is 0.00508. The van der Waals surface area contributed by atoms with E-state index in [2.05, 4.69) is 18.5 Å². The molecule has 13 heavy (non-hydrogen) atoms. The Balaban J connectivity index is 4.08. The van der Waals surface area contributed by atoms with E-state index in [0.29, 0.717) is 0 Å². The lowest BCUT2D eigenvalue weighted by Gasteiger charge is -2.12. The van der Waals surface area contributed by atoms with Gasteiger partial charge in [0.2, 0.25) is 5.91 Å². The molecule has 0 rings (SSSR count). The molecule has 0 bridgehead atoms. The topological polar surface area (TPSA) is 29.1 Å². The number of hydrogen-bond donors (Lipinski definition) is 1. The van der Waals surface area contributed by atoms with Crippen molar-refractivity contribution in [3.05, 3.63) is 37.0 Å². The van der Waals surface area contributed by atoms with Gasteiger partial charge in [-0.3, -0.25) is 4.79 Å². The Kier molecular flexibility index (Phi) is 5.60. The van der Waals surface area contributed by atoms with Crippen LogP contribution in [0.4, 0.5) is 0 Å². The highest BCUT2D eigenvalue weighted by Gasteiger charge is 2.03. The lowest BCUT2D eigenvalue weighted by atomic mass is 10.1. The quantitative estimate of drug-likeness (QED) is 0.644. The maximum Gasteiger partial charge on any atom is 0.217 e. The van der Waals surface area contributed by atoms with E-state index in [9.17, 15) is 4.79 Å². The summed E-state index contributed by atoms with van der Waals surface area (Å²) in [7, 11) is 0. The van der Waals surface area contributed by atoms with Crippen LogP contribution in [-0.4, -0.2) is 11.9 Å². The van der Waals surface area contributed by atoms with E-state index in [1.165, 1.54) is 6.92 Å². The minimum atomic E-state index is -0.00508. The first-order chi connectivity index (χ1) is 6.10. The molecule has 2 nitrogen and oxygen atoms in total. The first kappa shape index (κ1) is 11.7. The van der Waals surface area contributed by atoms with Gasteiger partial charge in [-0.25, -0.2) is 0 Å². The number of carbonyl (C=O) groups is 1. The van der Waals surface area contributed by atoms with Crippen molar-refractivity contribution < 1.29 is 4.79 Å². The smallest absolute Gasteiger partial charge is 0.217 e. The second-order valence-electron chi connectivity index (χ2n) is 2.99. The zero-order valence-electron chi connectivity index (χ0n) is 8.34. The van der Waals surface area contributed by atoms with Crippen LogP contribution >= 0.6 is 0 Å². The molecule has 0 aliphatic rings. The molecule has 0 spiro atoms. The molecule has 0 aliphatic carbocycles. The molecule has 0 saturated heterocycles. The van der Waals surface area contributed by atoms with Gasteiger partial charge in [0.15, 0.2) is 0 Å². The summed E-state index contributed by atoms with van der Waals surface area (Å²) < 4.78 is 0. The van der Waals surface area contributed by atoms with Crippen molar-refractivity contribution in [2.75, 3.05) is 0 Å². The van der Waals surface area contributed by atoms with Gasteiger partial charge in [0.05, 0.1) is 0 Å². The van der Waals surface area contributed by atoms with Crippen LogP contribution in [0, 0.1) is 0 Å². The minimum Gasteiger partial charge on any atom is -0.354 e. The molecule has 0 radical (unpaired) electrons. The first-order valence-corrected chi connectivity index (χ1v) is 4.31. The number of nitrogens with one attached hydrogen (secondary N) is 1. The molecule has 0 fully saturated rings. The van der Waals surface area contributed by atoms with Crippen molar-refractivity contribution in [1.29, 1.82) is 0 Å². The highest BCUT2D eigenvalue weighted by Crippen LogP contribution is 2.06. The molecule has 1 atom stereocenters. The van der Waals surface area contributed by atoms with Crippen molar-refractivity contribution in [2.24, 2.45) is 0 Å². The van der Waals surface area contributed by atoms with Crippen LogP contribution in [0.25, 0.3) is 0 Å². The molecule has 1 N–H and O–H groups in total. The van der Waals surface area contributed by atoms with Crippen LogP contribution in [0.15, 0.2) is 37.0 Å². The van der Waals surface area contributed by atoms with Gasteiger partial charge in [0.1, 0.15) is 0 Å². The van der Waals surface area contributed by atoms with Gasteiger partial charge >= 0.3 is 0 Å². The van der Waals surface area contributed by atoms with Crippen LogP contribution in [0.5, 0.6) is 0 Å². The molecule has 1 amide bonds. The van der Waals surface area contributed by atoms with Gasteiger partial charge in [-0.05, 0) is 18.9 Å². The lowest BCUT2D eigenvalue weighted by Crippen LogP contribution is -2.30. The summed E-state index contributed by atoms with van der Waals surface area (Å²) >= 11 is 0. The van der Waals surface area contributed by atoms with Crippen LogP contribution < -0.4 is 5.32 Å². The zero-order valence-corrected chi connectivity index (χ0v) is 8.34. The fourth-order valence-electron chi connectivity index (χ4n) is 1.12. The monoisotopic (exact) mass is 179 g/mol. The summed E-state index contributed by atoms with van der Waals surface area (Å²) in [6.45, 7) is 10.8. The number of rotatable bonds is 5. The first-order valence-electron chi connectivity index (χ1n) is 4.31. The van der Waals surface area contributed by atoms with E-state index in [1.807, 2.05) is 13.0 Å². The predicted molar refractivity (Wildman–Crippen MR) is 56.4 cm³/mol. The Hall–Kier alpha value is -1.31. The SMILES string of the molecule is C=C/C=C(\C=C)C[C@H](C)NC(C)=O. The van der Waals surface area contributed by atoms with Gasteiger partial charge in [-0.1, -0.05) is 31.4 Å². The van der Waals surface area contributed by atoms with Gasteiger partial charge in [0, 0.05) is 13.0 Å². The molecule has 0 aromatic carbocycles. The molecular formula is C11H17NO. The molecule has 0 saturated carbocycles. The molecule has 0 aromatic rings. The summed E-state index contributed by atoms with van der Waals surface area (Å²) in [5.41, 5.74) is 1.08. The molecule has 0 unspecified atom stereocenters. The van der Waals surface area contributed by atoms with Crippen LogP contribution in [0.3, 0.4) is 0 Å². The molecule has 0 aromatic heterocycles. The van der Waals surface area contributed by atoms with Crippen molar-refractivity contribution in [1.82, 2.24) is 5.32 Å². The summed E-state index contributed by atoms with van der Waals surface area (Å²) in [6, 6.07) is 0.140. The van der Waals surface area contributed by atoms with E-state index in [1.54, 1.807) is 12.2 Å². The fraction of sp³-hybridized carbons (Fsp3) is 0.364. The van der Waals surface area contributed by atoms with Crippen molar-refractivity contribution in [3.63, 3.8) is 0 Å². The van der Waals surface area contributed by atoms with Gasteiger partial charge < -0.3 is 5.32 Å².